The molecule has 0 aromatic heterocycles. The predicted molar refractivity (Wildman–Crippen MR) is 574 cm³/mol. The largest absolute Gasteiger partial charge is 0.509 e. The van der Waals surface area contributed by atoms with Crippen molar-refractivity contribution in [2.24, 2.45) is 5.11 Å². The molecular weight excluding hydrogens is 1940 g/mol. The van der Waals surface area contributed by atoms with Crippen molar-refractivity contribution >= 4 is 41.1 Å². The number of rotatable bonds is 61. The maximum absolute atomic E-state index is 16.1. The Kier molecular flexibility index (Phi) is 46.8. The summed E-state index contributed by atoms with van der Waals surface area (Å²) >= 11 is 0. The highest BCUT2D eigenvalue weighted by atomic mass is 32.2. The van der Waals surface area contributed by atoms with E-state index in [-0.39, 0.29) is 111 Å². The van der Waals surface area contributed by atoms with Crippen LogP contribution in [0.25, 0.3) is 10.4 Å². The van der Waals surface area contributed by atoms with Gasteiger partial charge in [-0.3, -0.25) is 0 Å². The summed E-state index contributed by atoms with van der Waals surface area (Å²) in [6.07, 6.45) is -11.3. The Bertz CT molecular complexity index is 5080. The van der Waals surface area contributed by atoms with E-state index in [0.29, 0.717) is 0 Å². The maximum atomic E-state index is 16.1. The number of aliphatic hydroxyl groups excluding tert-OH is 2. The van der Waals surface area contributed by atoms with Gasteiger partial charge in [-0.05, 0) is 115 Å². The van der Waals surface area contributed by atoms with E-state index in [2.05, 4.69) is 145 Å². The number of nitrogens with one attached hydrogen (secondary N) is 1. The van der Waals surface area contributed by atoms with Gasteiger partial charge in [0.25, 0.3) is 0 Å². The van der Waals surface area contributed by atoms with E-state index in [4.69, 9.17) is 89.1 Å². The van der Waals surface area contributed by atoms with Crippen LogP contribution in [0, 0.1) is 0 Å². The molecule has 0 spiro atoms. The first-order valence-corrected chi connectivity index (χ1v) is 62.4. The number of unbranched alkanes of at least 4 members (excludes halogenated alkanes) is 11. The number of allylic oxidation sites excluding steroid dienone is 1. The lowest BCUT2D eigenvalue weighted by Crippen LogP contribution is -2.71. The Balaban J connectivity index is 1.00. The topological polar surface area (TPSA) is 328 Å². The van der Waals surface area contributed by atoms with Crippen LogP contribution < -0.4 is 4.72 Å². The Hall–Kier alpha value is -7.34. The summed E-state index contributed by atoms with van der Waals surface area (Å²) in [5.74, 6) is 0. The number of hydrogen-bond acceptors (Lipinski definition) is 25. The molecular formula is C115H168N4O24SSi3. The number of hydrogen-bond donors (Lipinski definition) is 3. The van der Waals surface area contributed by atoms with Gasteiger partial charge < -0.3 is 99.3 Å². The molecule has 810 valence electrons. The van der Waals surface area contributed by atoms with Gasteiger partial charge in [0.05, 0.1) is 89.7 Å². The van der Waals surface area contributed by atoms with Crippen molar-refractivity contribution in [3.8, 4) is 0 Å². The zero-order valence-electron chi connectivity index (χ0n) is 89.9. The van der Waals surface area contributed by atoms with Gasteiger partial charge in [-0.15, -0.1) is 0 Å². The van der Waals surface area contributed by atoms with Crippen LogP contribution in [0.2, 0.25) is 51.4 Å². The third-order valence-corrected chi connectivity index (χ3v) is 48.1. The molecule has 5 heterocycles. The lowest BCUT2D eigenvalue weighted by atomic mass is 9.94. The van der Waals surface area contributed by atoms with E-state index in [1.54, 1.807) is 18.2 Å². The van der Waals surface area contributed by atoms with Gasteiger partial charge in [0, 0.05) is 4.91 Å². The van der Waals surface area contributed by atoms with E-state index >= 15 is 8.42 Å². The highest BCUT2D eigenvalue weighted by Gasteiger charge is 2.63. The Morgan fingerprint density at radius 3 is 1.27 bits per heavy atom. The van der Waals surface area contributed by atoms with Crippen molar-refractivity contribution < 1.29 is 112 Å². The standard InChI is InChI=1S/C115H168N4O24SSi3/c1-19-20-21-22-23-24-25-26-27-28-29-30-52-67-93(127-70-87-57-42-33-43-58-87)92(117-119-116)74-131-111-100(121)105(128-71-88-59-44-34-45-60-88)101(95(135-111)75-125-68-85-53-38-31-39-54-85)139-112-108(130-73-90-63-48-36-49-64-90)106(129-72-89-61-46-35-47-62-89)102(96(136-112)76-126-69-86-55-40-32-41-56-86)138-110-98(118-144(123,124)91-65-50-37-51-66-91)104(99(120)94(134-110)77-132-146(79(2)3,80(4)5)81(6)7)140-113-109(143-145(17,18)115(14,15)16)107-103(141-114(122)142-107)97(137-113)78-133-147(82(8)9,83(10)11)84(12)13/h31-67,79-84,92-113,118,120-121H,19-30,68-78H2,1-18H3/b67-52+/t92-,93+,94+,95+,96+,97+,98+,99-,100+,101+,102-,103-,104+,105+,106-,107-,108+,109+,110-,111+,112-,113-/m0/s1. The number of carbonyl (C=O) groups excluding carboxylic acids is 1. The lowest BCUT2D eigenvalue weighted by molar-refractivity contribution is -0.388. The number of ether oxygens (including phenoxy) is 16. The van der Waals surface area contributed by atoms with Gasteiger partial charge in [0.2, 0.25) is 10.0 Å². The highest BCUT2D eigenvalue weighted by molar-refractivity contribution is 7.89. The molecule has 5 aliphatic heterocycles. The normalized spacial score (nSPS) is 25.8. The third kappa shape index (κ3) is 32.9. The molecule has 22 atom stereocenters. The van der Waals surface area contributed by atoms with Crippen molar-refractivity contribution in [3.05, 3.63) is 268 Å². The minimum Gasteiger partial charge on any atom is -0.424 e. The fraction of sp³-hybridized carbons (Fsp3) is 0.609. The van der Waals surface area contributed by atoms with Crippen LogP contribution in [0.4, 0.5) is 4.79 Å². The zero-order valence-corrected chi connectivity index (χ0v) is 93.7. The van der Waals surface area contributed by atoms with E-state index in [9.17, 15) is 20.5 Å². The average molecular weight is 2110 g/mol. The molecule has 0 radical (unpaired) electrons. The van der Waals surface area contributed by atoms with Gasteiger partial charge in [0.15, 0.2) is 62.3 Å². The number of sulfonamides is 1. The molecule has 0 saturated carbocycles. The first kappa shape index (κ1) is 118. The number of azide groups is 1. The van der Waals surface area contributed by atoms with Gasteiger partial charge in [-0.1, -0.05) is 392 Å². The van der Waals surface area contributed by atoms with E-state index < -0.39 is 181 Å². The molecule has 5 saturated heterocycles. The summed E-state index contributed by atoms with van der Waals surface area (Å²) in [4.78, 5) is 17.4. The van der Waals surface area contributed by atoms with Crippen LogP contribution >= 0.6 is 0 Å². The van der Waals surface area contributed by atoms with Crippen LogP contribution in [-0.2, 0) is 139 Å². The number of nitrogens with zero attached hydrogens (tertiary/aromatic N) is 3. The highest BCUT2D eigenvalue weighted by Crippen LogP contribution is 2.49. The average Bonchev–Trinajstić information content (AvgIpc) is 1.71. The second kappa shape index (κ2) is 58.1. The molecule has 0 amide bonds. The van der Waals surface area contributed by atoms with Crippen LogP contribution in [0.3, 0.4) is 0 Å². The van der Waals surface area contributed by atoms with E-state index in [1.807, 2.05) is 188 Å². The second-order valence-electron chi connectivity index (χ2n) is 43.3. The molecule has 5 aliphatic rings. The predicted octanol–water partition coefficient (Wildman–Crippen LogP) is 23.5. The van der Waals surface area contributed by atoms with Crippen molar-refractivity contribution in [3.63, 3.8) is 0 Å². The third-order valence-electron chi connectivity index (χ3n) is 30.0. The first-order chi connectivity index (χ1) is 70.7. The summed E-state index contributed by atoms with van der Waals surface area (Å²) < 4.78 is 173. The molecule has 7 aromatic carbocycles. The molecule has 32 heteroatoms. The molecule has 3 N–H and O–H groups in total. The molecule has 12 rings (SSSR count). The first-order valence-electron chi connectivity index (χ1n) is 53.7. The van der Waals surface area contributed by atoms with Crippen LogP contribution in [0.5, 0.6) is 0 Å². The minimum atomic E-state index is -4.77. The van der Waals surface area contributed by atoms with Gasteiger partial charge in [-0.25, -0.2) is 17.9 Å². The smallest absolute Gasteiger partial charge is 0.424 e. The second-order valence-corrected chi connectivity index (χ2v) is 60.7. The summed E-state index contributed by atoms with van der Waals surface area (Å²) in [6.45, 7) is 37.5. The number of benzene rings is 7. The molecule has 28 nitrogen and oxygen atoms in total. The van der Waals surface area contributed by atoms with Crippen molar-refractivity contribution in [1.29, 1.82) is 0 Å². The number of aliphatic hydroxyl groups is 2. The Labute approximate surface area is 878 Å². The van der Waals surface area contributed by atoms with Gasteiger partial charge in [0.1, 0.15) is 85.4 Å². The quantitative estimate of drug-likeness (QED) is 0.00606. The summed E-state index contributed by atoms with van der Waals surface area (Å²) in [5.41, 5.74) is 15.7. The van der Waals surface area contributed by atoms with Crippen molar-refractivity contribution in [2.75, 3.05) is 33.0 Å². The van der Waals surface area contributed by atoms with E-state index in [1.165, 1.54) is 63.5 Å². The summed E-state index contributed by atoms with van der Waals surface area (Å²) in [7, 11) is -13.5. The fourth-order valence-corrected chi connectivity index (χ4v) is 34.8. The Morgan fingerprint density at radius 1 is 0.429 bits per heavy atom. The molecule has 5 fully saturated rings. The molecule has 147 heavy (non-hydrogen) atoms. The van der Waals surface area contributed by atoms with E-state index in [0.717, 1.165) is 59.1 Å². The monoisotopic (exact) mass is 2110 g/mol. The SMILES string of the molecule is CCCCCCCCCCCCC/C=C/[C@@H](OCc1ccccc1)[C@H](CO[C@@H]1O[C@H](COCc2ccccc2)[C@@H](O[C@@H]2O[C@H](COCc3ccccc3)[C@H](O[C@@H]3O[C@H](CO[Si](C(C)C)(C(C)C)C(C)C)[C@H](O)[C@H](O[C@@H]4O[C@H](CO[Si](C(C)C)(C(C)C)C(C)C)[C@@H]5OC(=O)O[C@@H]5[C@H]4O[Si](C)(C)C(C)(C)C)[C@H]3NS(=O)(=O)c3ccccc3)[C@H](OCc3ccccc3)[C@H]2OCc2ccccc2)[C@H](OCc2ccccc2)[C@H]1O)N=[N+]=[N-]. The summed E-state index contributed by atoms with van der Waals surface area (Å²) in [6, 6.07) is 62.7. The summed E-state index contributed by atoms with van der Waals surface area (Å²) in [5, 5.41) is 31.7. The van der Waals surface area contributed by atoms with Gasteiger partial charge >= 0.3 is 6.16 Å². The Morgan fingerprint density at radius 2 is 0.810 bits per heavy atom. The zero-order chi connectivity index (χ0) is 105. The van der Waals surface area contributed by atoms with Crippen LogP contribution in [-0.4, -0.2) is 218 Å². The van der Waals surface area contributed by atoms with Crippen LogP contribution in [0.1, 0.15) is 221 Å². The minimum absolute atomic E-state index is 0.0232. The van der Waals surface area contributed by atoms with Crippen LogP contribution in [0.15, 0.2) is 234 Å². The molecule has 0 aliphatic carbocycles. The molecule has 0 bridgehead atoms. The maximum Gasteiger partial charge on any atom is 0.509 e. The van der Waals surface area contributed by atoms with Crippen molar-refractivity contribution in [2.45, 2.75) is 419 Å². The fourth-order valence-electron chi connectivity index (χ4n) is 21.4. The molecule has 7 aromatic rings. The van der Waals surface area contributed by atoms with Crippen molar-refractivity contribution in [1.82, 2.24) is 4.72 Å². The lowest BCUT2D eigenvalue weighted by Gasteiger charge is -2.52. The molecule has 0 unspecified atom stereocenters. The number of carbonyl (C=O) groups is 1. The number of fused-ring (bicyclic) bond motifs is 1. The van der Waals surface area contributed by atoms with Gasteiger partial charge in [-0.2, -0.15) is 0 Å².